The van der Waals surface area contributed by atoms with E-state index in [-0.39, 0.29) is 10.7 Å². The predicted octanol–water partition coefficient (Wildman–Crippen LogP) is 5.56. The molecular formula is C27H18ClN3O6. The number of carbonyl (C=O) groups excluding carboxylic acids is 2. The highest BCUT2D eigenvalue weighted by molar-refractivity contribution is 6.33. The quantitative estimate of drug-likeness (QED) is 0.194. The Morgan fingerprint density at radius 1 is 0.838 bits per heavy atom. The van der Waals surface area contributed by atoms with Crippen molar-refractivity contribution in [3.63, 3.8) is 0 Å². The maximum atomic E-state index is 13.7. The first kappa shape index (κ1) is 23.0. The van der Waals surface area contributed by atoms with E-state index >= 15 is 0 Å². The summed E-state index contributed by atoms with van der Waals surface area (Å²) in [5, 5.41) is 12.8. The number of hydroxylamine groups is 1. The van der Waals surface area contributed by atoms with Gasteiger partial charge in [0.25, 0.3) is 11.6 Å². The number of imide groups is 1. The SMILES string of the molecule is O=C1C2ON(c3ccccc3)C(c3ccc(-c4ccc([N+](=O)[O-])cc4Cl)o3)C2C(=O)N1c1ccccc1. The summed E-state index contributed by atoms with van der Waals surface area (Å²) in [4.78, 5) is 44.8. The van der Waals surface area contributed by atoms with E-state index in [1.54, 1.807) is 42.5 Å². The Labute approximate surface area is 215 Å². The Balaban J connectivity index is 1.41. The minimum Gasteiger partial charge on any atom is -0.459 e. The lowest BCUT2D eigenvalue weighted by molar-refractivity contribution is -0.384. The van der Waals surface area contributed by atoms with Crippen LogP contribution in [0.3, 0.4) is 0 Å². The molecule has 3 heterocycles. The predicted molar refractivity (Wildman–Crippen MR) is 135 cm³/mol. The van der Waals surface area contributed by atoms with Gasteiger partial charge in [0.05, 0.1) is 21.3 Å². The third-order valence-electron chi connectivity index (χ3n) is 6.49. The van der Waals surface area contributed by atoms with Crippen LogP contribution in [0.1, 0.15) is 11.8 Å². The van der Waals surface area contributed by atoms with Crippen LogP contribution >= 0.6 is 11.6 Å². The van der Waals surface area contributed by atoms with E-state index in [0.29, 0.717) is 28.5 Å². The summed E-state index contributed by atoms with van der Waals surface area (Å²) in [7, 11) is 0. The number of furan rings is 1. The van der Waals surface area contributed by atoms with Gasteiger partial charge < -0.3 is 4.42 Å². The molecule has 0 bridgehead atoms. The van der Waals surface area contributed by atoms with Crippen LogP contribution in [0.5, 0.6) is 0 Å². The number of anilines is 2. The second kappa shape index (κ2) is 8.88. The van der Waals surface area contributed by atoms with E-state index in [1.165, 1.54) is 23.3 Å². The lowest BCUT2D eigenvalue weighted by Crippen LogP contribution is -2.37. The summed E-state index contributed by atoms with van der Waals surface area (Å²) in [5.41, 5.74) is 1.44. The van der Waals surface area contributed by atoms with E-state index in [1.807, 2.05) is 30.3 Å². The lowest BCUT2D eigenvalue weighted by Gasteiger charge is -2.27. The normalized spacial score (nSPS) is 20.9. The van der Waals surface area contributed by atoms with Gasteiger partial charge in [-0.1, -0.05) is 48.0 Å². The third kappa shape index (κ3) is 3.76. The summed E-state index contributed by atoms with van der Waals surface area (Å²) >= 11 is 6.31. The standard InChI is InChI=1S/C27H18ClN3O6/c28-20-15-18(31(34)35)11-12-19(20)21-13-14-22(36-21)24-23-25(37-30(24)17-9-5-2-6-10-17)27(33)29(26(23)32)16-7-3-1-4-8-16/h1-15,23-25H. The summed E-state index contributed by atoms with van der Waals surface area (Å²) in [5.74, 6) is -0.954. The highest BCUT2D eigenvalue weighted by Gasteiger charge is 2.61. The van der Waals surface area contributed by atoms with Crippen LogP contribution in [0.15, 0.2) is 95.4 Å². The van der Waals surface area contributed by atoms with Gasteiger partial charge in [-0.3, -0.25) is 24.5 Å². The average Bonchev–Trinajstić information content (AvgIpc) is 3.60. The van der Waals surface area contributed by atoms with Gasteiger partial charge in [0, 0.05) is 17.7 Å². The topological polar surface area (TPSA) is 106 Å². The Kier molecular flexibility index (Phi) is 5.51. The van der Waals surface area contributed by atoms with Gasteiger partial charge in [0.15, 0.2) is 6.10 Å². The van der Waals surface area contributed by atoms with E-state index < -0.39 is 34.8 Å². The van der Waals surface area contributed by atoms with Crippen LogP contribution in [0.4, 0.5) is 17.1 Å². The molecule has 2 aliphatic heterocycles. The molecule has 0 aliphatic carbocycles. The number of hydrogen-bond donors (Lipinski definition) is 0. The van der Waals surface area contributed by atoms with Gasteiger partial charge in [-0.05, 0) is 42.5 Å². The fraction of sp³-hybridized carbons (Fsp3) is 0.111. The molecule has 0 radical (unpaired) electrons. The summed E-state index contributed by atoms with van der Waals surface area (Å²) in [6, 6.07) is 24.6. The molecule has 3 atom stereocenters. The van der Waals surface area contributed by atoms with Crippen molar-refractivity contribution in [1.82, 2.24) is 0 Å². The van der Waals surface area contributed by atoms with Crippen molar-refractivity contribution >= 4 is 40.5 Å². The van der Waals surface area contributed by atoms with Crippen LogP contribution in [-0.4, -0.2) is 22.8 Å². The molecule has 2 aliphatic rings. The van der Waals surface area contributed by atoms with Gasteiger partial charge in [-0.25, -0.2) is 9.96 Å². The van der Waals surface area contributed by atoms with Crippen LogP contribution in [0, 0.1) is 16.0 Å². The number of amides is 2. The highest BCUT2D eigenvalue weighted by Crippen LogP contribution is 2.48. The van der Waals surface area contributed by atoms with Gasteiger partial charge in [0.1, 0.15) is 23.5 Å². The van der Waals surface area contributed by atoms with Gasteiger partial charge >= 0.3 is 0 Å². The molecular weight excluding hydrogens is 498 g/mol. The Hall–Kier alpha value is -4.47. The number of rotatable bonds is 5. The summed E-state index contributed by atoms with van der Waals surface area (Å²) in [6.07, 6.45) is -1.03. The Morgan fingerprint density at radius 2 is 1.51 bits per heavy atom. The Morgan fingerprint density at radius 3 is 2.16 bits per heavy atom. The molecule has 6 rings (SSSR count). The van der Waals surface area contributed by atoms with Crippen molar-refractivity contribution < 1.29 is 23.8 Å². The number of nitro groups is 1. The monoisotopic (exact) mass is 515 g/mol. The smallest absolute Gasteiger partial charge is 0.270 e. The average molecular weight is 516 g/mol. The molecule has 3 unspecified atom stereocenters. The zero-order chi connectivity index (χ0) is 25.7. The first-order chi connectivity index (χ1) is 17.9. The molecule has 0 N–H and O–H groups in total. The molecule has 184 valence electrons. The number of halogens is 1. The lowest BCUT2D eigenvalue weighted by atomic mass is 9.94. The molecule has 37 heavy (non-hydrogen) atoms. The fourth-order valence-electron chi connectivity index (χ4n) is 4.81. The molecule has 9 nitrogen and oxygen atoms in total. The van der Waals surface area contributed by atoms with Crippen LogP contribution in [0.25, 0.3) is 11.3 Å². The molecule has 2 saturated heterocycles. The van der Waals surface area contributed by atoms with Crippen LogP contribution in [-0.2, 0) is 14.4 Å². The van der Waals surface area contributed by atoms with Crippen molar-refractivity contribution in [1.29, 1.82) is 0 Å². The number of hydrogen-bond acceptors (Lipinski definition) is 7. The van der Waals surface area contributed by atoms with E-state index in [4.69, 9.17) is 20.9 Å². The number of non-ortho nitro benzene ring substituents is 1. The van der Waals surface area contributed by atoms with Crippen molar-refractivity contribution in [2.24, 2.45) is 5.92 Å². The third-order valence-corrected chi connectivity index (χ3v) is 6.80. The van der Waals surface area contributed by atoms with Gasteiger partial charge in [-0.15, -0.1) is 0 Å². The maximum Gasteiger partial charge on any atom is 0.270 e. The highest BCUT2D eigenvalue weighted by atomic mass is 35.5. The molecule has 2 fully saturated rings. The fourth-order valence-corrected chi connectivity index (χ4v) is 5.08. The summed E-state index contributed by atoms with van der Waals surface area (Å²) < 4.78 is 6.16. The number of fused-ring (bicyclic) bond motifs is 1. The minimum absolute atomic E-state index is 0.140. The van der Waals surface area contributed by atoms with Crippen molar-refractivity contribution in [3.8, 4) is 11.3 Å². The van der Waals surface area contributed by atoms with Crippen molar-refractivity contribution in [3.05, 3.63) is 112 Å². The molecule has 0 saturated carbocycles. The minimum atomic E-state index is -1.03. The summed E-state index contributed by atoms with van der Waals surface area (Å²) in [6.45, 7) is 0. The zero-order valence-corrected chi connectivity index (χ0v) is 19.8. The van der Waals surface area contributed by atoms with Crippen molar-refractivity contribution in [2.75, 3.05) is 9.96 Å². The number of benzene rings is 3. The largest absolute Gasteiger partial charge is 0.459 e. The number of para-hydroxylation sites is 2. The molecule has 10 heteroatoms. The first-order valence-corrected chi connectivity index (χ1v) is 11.8. The number of carbonyl (C=O) groups is 2. The van der Waals surface area contributed by atoms with Crippen molar-refractivity contribution in [2.45, 2.75) is 12.1 Å². The zero-order valence-electron chi connectivity index (χ0n) is 19.1. The van der Waals surface area contributed by atoms with Crippen LogP contribution < -0.4 is 9.96 Å². The first-order valence-electron chi connectivity index (χ1n) is 11.4. The number of nitrogens with zero attached hydrogens (tertiary/aromatic N) is 3. The molecule has 2 amide bonds. The van der Waals surface area contributed by atoms with Gasteiger partial charge in [0.2, 0.25) is 5.91 Å². The molecule has 4 aromatic rings. The number of nitro benzene ring substituents is 1. The van der Waals surface area contributed by atoms with E-state index in [2.05, 4.69) is 0 Å². The van der Waals surface area contributed by atoms with Gasteiger partial charge in [-0.2, -0.15) is 0 Å². The molecule has 1 aromatic heterocycles. The molecule has 0 spiro atoms. The van der Waals surface area contributed by atoms with Crippen LogP contribution in [0.2, 0.25) is 5.02 Å². The van der Waals surface area contributed by atoms with E-state index in [0.717, 1.165) is 4.90 Å². The van der Waals surface area contributed by atoms with E-state index in [9.17, 15) is 19.7 Å². The maximum absolute atomic E-state index is 13.7. The molecule has 3 aromatic carbocycles. The Bertz CT molecular complexity index is 1520. The second-order valence-electron chi connectivity index (χ2n) is 8.63. The second-order valence-corrected chi connectivity index (χ2v) is 9.04.